The number of esters is 1. The molecule has 1 aliphatic heterocycles. The van der Waals surface area contributed by atoms with Gasteiger partial charge in [-0.05, 0) is 18.7 Å². The van der Waals surface area contributed by atoms with Crippen LogP contribution in [-0.2, 0) is 40.7 Å². The summed E-state index contributed by atoms with van der Waals surface area (Å²) in [4.78, 5) is 44.5. The van der Waals surface area contributed by atoms with Gasteiger partial charge in [-0.2, -0.15) is 0 Å². The normalized spacial score (nSPS) is 18.0. The minimum absolute atomic E-state index is 0.0311. The van der Waals surface area contributed by atoms with Gasteiger partial charge >= 0.3 is 5.97 Å². The molecule has 0 spiro atoms. The van der Waals surface area contributed by atoms with E-state index in [0.29, 0.717) is 24.5 Å². The second kappa shape index (κ2) is 16.4. The summed E-state index contributed by atoms with van der Waals surface area (Å²) in [6, 6.07) is 15.9. The van der Waals surface area contributed by atoms with Crippen molar-refractivity contribution < 1.29 is 43.1 Å². The SMILES string of the molecule is COCCO[N+]1=C(C)C(=PO)C(OCCOC)(c2ccccc2[N+](=O)[O-])C(C(=O)OCCN(C)Cc2ccccc2)=C1C. The third-order valence-corrected chi connectivity index (χ3v) is 7.74. The number of nitro benzene ring substituents is 1. The number of rotatable bonds is 16. The lowest BCUT2D eigenvalue weighted by molar-refractivity contribution is -0.754. The highest BCUT2D eigenvalue weighted by Crippen LogP contribution is 2.46. The number of para-hydroxylation sites is 1. The number of hydroxylamine groups is 1. The van der Waals surface area contributed by atoms with Crippen molar-refractivity contribution in [2.45, 2.75) is 26.0 Å². The van der Waals surface area contributed by atoms with Gasteiger partial charge < -0.3 is 23.8 Å². The van der Waals surface area contributed by atoms with Crippen molar-refractivity contribution in [1.82, 2.24) is 4.90 Å². The Morgan fingerprint density at radius 3 is 2.30 bits per heavy atom. The summed E-state index contributed by atoms with van der Waals surface area (Å²) in [5, 5.41) is 12.4. The standard InChI is InChI=1S/C30H38N3O9P/c1-22-27(29(34)40-16-15-31(3)21-24-11-7-6-8-12-24)30(41-19-17-38-4,25-13-9-10-14-26(25)33(35)36)28(43-37)23(2)32(22)42-20-18-39-5/h6-14H,15-21H2,1-5H3/p+1. The van der Waals surface area contributed by atoms with Crippen LogP contribution in [0.5, 0.6) is 0 Å². The van der Waals surface area contributed by atoms with Crippen LogP contribution in [0.25, 0.3) is 0 Å². The highest BCUT2D eigenvalue weighted by molar-refractivity contribution is 7.38. The molecule has 1 N–H and O–H groups in total. The van der Waals surface area contributed by atoms with Crippen LogP contribution in [0, 0.1) is 10.1 Å². The van der Waals surface area contributed by atoms with Gasteiger partial charge in [0.1, 0.15) is 11.9 Å². The molecule has 0 aromatic heterocycles. The molecule has 0 radical (unpaired) electrons. The Morgan fingerprint density at radius 2 is 1.65 bits per heavy atom. The fourth-order valence-corrected chi connectivity index (χ4v) is 5.62. The van der Waals surface area contributed by atoms with Crippen LogP contribution >= 0.6 is 8.43 Å². The average molecular weight is 617 g/mol. The Labute approximate surface area is 253 Å². The summed E-state index contributed by atoms with van der Waals surface area (Å²) in [6.45, 7) is 4.89. The second-order valence-electron chi connectivity index (χ2n) is 9.77. The van der Waals surface area contributed by atoms with Crippen LogP contribution in [0.4, 0.5) is 5.69 Å². The maximum absolute atomic E-state index is 14.1. The van der Waals surface area contributed by atoms with Crippen molar-refractivity contribution in [1.29, 1.82) is 0 Å². The van der Waals surface area contributed by atoms with E-state index in [9.17, 15) is 19.8 Å². The minimum Gasteiger partial charge on any atom is -0.461 e. The topological polar surface area (TPSA) is 133 Å². The molecule has 2 aromatic carbocycles. The van der Waals surface area contributed by atoms with E-state index in [1.807, 2.05) is 42.3 Å². The van der Waals surface area contributed by atoms with Crippen molar-refractivity contribution in [2.24, 2.45) is 0 Å². The predicted molar refractivity (Wildman–Crippen MR) is 162 cm³/mol. The number of ether oxygens (including phenoxy) is 4. The van der Waals surface area contributed by atoms with Crippen molar-refractivity contribution in [3.05, 3.63) is 87.1 Å². The first-order valence-electron chi connectivity index (χ1n) is 13.7. The molecule has 13 heteroatoms. The van der Waals surface area contributed by atoms with Crippen LogP contribution in [-0.4, -0.2) is 97.3 Å². The maximum Gasteiger partial charge on any atom is 0.344 e. The zero-order valence-electron chi connectivity index (χ0n) is 25.1. The van der Waals surface area contributed by atoms with Crippen LogP contribution in [0.2, 0.25) is 0 Å². The average Bonchev–Trinajstić information content (AvgIpc) is 2.99. The first-order valence-corrected chi connectivity index (χ1v) is 14.5. The molecule has 232 valence electrons. The molecular formula is C30H39N3O9P+. The third-order valence-electron chi connectivity index (χ3n) is 6.90. The molecule has 2 aromatic rings. The molecule has 0 bridgehead atoms. The van der Waals surface area contributed by atoms with Crippen LogP contribution < -0.4 is 0 Å². The molecule has 0 saturated heterocycles. The summed E-state index contributed by atoms with van der Waals surface area (Å²) in [6.07, 6.45) is 0. The van der Waals surface area contributed by atoms with Gasteiger partial charge in [0.15, 0.2) is 17.8 Å². The van der Waals surface area contributed by atoms with Crippen LogP contribution in [0.1, 0.15) is 25.0 Å². The molecule has 3 rings (SSSR count). The van der Waals surface area contributed by atoms with E-state index in [0.717, 1.165) is 5.56 Å². The van der Waals surface area contributed by atoms with Gasteiger partial charge in [-0.1, -0.05) is 42.5 Å². The minimum atomic E-state index is -1.89. The van der Waals surface area contributed by atoms with Gasteiger partial charge in [0.05, 0.1) is 38.7 Å². The Balaban J connectivity index is 2.12. The van der Waals surface area contributed by atoms with Crippen LogP contribution in [0.15, 0.2) is 65.9 Å². The van der Waals surface area contributed by atoms with Crippen molar-refractivity contribution in [3.63, 3.8) is 0 Å². The van der Waals surface area contributed by atoms with Gasteiger partial charge in [0.25, 0.3) is 5.69 Å². The Morgan fingerprint density at radius 1 is 1.00 bits per heavy atom. The molecule has 12 nitrogen and oxygen atoms in total. The Bertz CT molecular complexity index is 1360. The molecular weight excluding hydrogens is 577 g/mol. The van der Waals surface area contributed by atoms with E-state index in [1.165, 1.54) is 37.2 Å². The Kier molecular flexibility index (Phi) is 12.9. The first kappa shape index (κ1) is 34.0. The lowest BCUT2D eigenvalue weighted by Crippen LogP contribution is -2.52. The number of nitro groups is 1. The summed E-state index contributed by atoms with van der Waals surface area (Å²) in [7, 11) is 4.64. The number of carbonyl (C=O) groups is 1. The number of likely N-dealkylation sites (N-methyl/N-ethyl adjacent to an activating group) is 1. The summed E-state index contributed by atoms with van der Waals surface area (Å²) in [5.41, 5.74) is -0.366. The van der Waals surface area contributed by atoms with E-state index in [2.05, 4.69) is 0 Å². The lowest BCUT2D eigenvalue weighted by Gasteiger charge is -2.37. The van der Waals surface area contributed by atoms with Gasteiger partial charge in [0, 0.05) is 52.0 Å². The Hall–Kier alpha value is -3.51. The number of methoxy groups -OCH3 is 2. The quantitative estimate of drug-likeness (QED) is 0.0746. The van der Waals surface area contributed by atoms with E-state index in [-0.39, 0.29) is 63.6 Å². The number of nitrogens with zero attached hydrogens (tertiary/aromatic N) is 3. The highest BCUT2D eigenvalue weighted by Gasteiger charge is 2.58. The number of benzene rings is 2. The van der Waals surface area contributed by atoms with Gasteiger partial charge in [-0.25, -0.2) is 4.79 Å². The lowest BCUT2D eigenvalue weighted by atomic mass is 9.77. The summed E-state index contributed by atoms with van der Waals surface area (Å²) < 4.78 is 24.0. The summed E-state index contributed by atoms with van der Waals surface area (Å²) >= 11 is 0. The van der Waals surface area contributed by atoms with Gasteiger partial charge in [-0.15, -0.1) is 0 Å². The number of hydrogen-bond donors (Lipinski definition) is 1. The molecule has 0 saturated carbocycles. The molecule has 1 atom stereocenters. The monoisotopic (exact) mass is 616 g/mol. The second-order valence-corrected chi connectivity index (χ2v) is 10.4. The zero-order valence-corrected chi connectivity index (χ0v) is 26.0. The van der Waals surface area contributed by atoms with E-state index >= 15 is 0 Å². The van der Waals surface area contributed by atoms with Crippen molar-refractivity contribution in [2.75, 3.05) is 60.8 Å². The van der Waals surface area contributed by atoms with Gasteiger partial charge in [-0.3, -0.25) is 19.9 Å². The zero-order chi connectivity index (χ0) is 31.4. The molecule has 1 unspecified atom stereocenters. The molecule has 1 aliphatic rings. The molecule has 43 heavy (non-hydrogen) atoms. The predicted octanol–water partition coefficient (Wildman–Crippen LogP) is 3.49. The molecule has 0 amide bonds. The highest BCUT2D eigenvalue weighted by atomic mass is 31.1. The molecule has 0 aliphatic carbocycles. The van der Waals surface area contributed by atoms with E-state index < -0.39 is 16.5 Å². The fourth-order valence-electron chi connectivity index (χ4n) is 4.95. The summed E-state index contributed by atoms with van der Waals surface area (Å²) in [5.74, 6) is -0.768. The third kappa shape index (κ3) is 7.91. The molecule has 1 heterocycles. The smallest absolute Gasteiger partial charge is 0.344 e. The number of allylic oxidation sites excluding steroid dienone is 1. The fraction of sp³-hybridized carbons (Fsp3) is 0.433. The van der Waals surface area contributed by atoms with Crippen molar-refractivity contribution in [3.8, 4) is 0 Å². The van der Waals surface area contributed by atoms with Crippen LogP contribution in [0.3, 0.4) is 0 Å². The number of hydrogen-bond acceptors (Lipinski definition) is 10. The maximum atomic E-state index is 14.1. The molecule has 0 fully saturated rings. The van der Waals surface area contributed by atoms with Gasteiger partial charge in [0.2, 0.25) is 11.4 Å². The number of carbonyl (C=O) groups excluding carboxylic acids is 1. The van der Waals surface area contributed by atoms with E-state index in [4.69, 9.17) is 23.8 Å². The first-order chi connectivity index (χ1) is 20.7. The van der Waals surface area contributed by atoms with Crippen molar-refractivity contribution >= 4 is 31.1 Å². The van der Waals surface area contributed by atoms with E-state index in [1.54, 1.807) is 19.9 Å². The largest absolute Gasteiger partial charge is 0.461 e.